The monoisotopic (exact) mass is 253 g/mol. The molecule has 96 valence electrons. The van der Waals surface area contributed by atoms with Crippen LogP contribution in [0.4, 0.5) is 0 Å². The number of thioether (sulfide) groups is 1. The quantitative estimate of drug-likeness (QED) is 0.894. The van der Waals surface area contributed by atoms with Gasteiger partial charge in [0.1, 0.15) is 0 Å². The van der Waals surface area contributed by atoms with Crippen LogP contribution in [0, 0.1) is 5.92 Å². The third kappa shape index (κ3) is 3.26. The maximum Gasteiger partial charge on any atom is 0.0625 e. The van der Waals surface area contributed by atoms with Gasteiger partial charge in [-0.05, 0) is 32.2 Å². The van der Waals surface area contributed by atoms with Gasteiger partial charge >= 0.3 is 0 Å². The van der Waals surface area contributed by atoms with Gasteiger partial charge in [-0.3, -0.25) is 4.68 Å². The Balaban J connectivity index is 2.00. The van der Waals surface area contributed by atoms with E-state index in [-0.39, 0.29) is 0 Å². The number of hydrogen-bond acceptors (Lipinski definition) is 3. The van der Waals surface area contributed by atoms with Gasteiger partial charge in [0, 0.05) is 29.4 Å². The summed E-state index contributed by atoms with van der Waals surface area (Å²) in [5, 5.41) is 8.42. The Kier molecular flexibility index (Phi) is 4.51. The van der Waals surface area contributed by atoms with E-state index in [0.29, 0.717) is 11.3 Å². The normalized spacial score (nSPS) is 29.5. The molecule has 0 aromatic carbocycles. The van der Waals surface area contributed by atoms with Crippen molar-refractivity contribution in [3.8, 4) is 0 Å². The van der Waals surface area contributed by atoms with E-state index in [2.05, 4.69) is 30.6 Å². The van der Waals surface area contributed by atoms with Crippen LogP contribution >= 0.6 is 11.8 Å². The maximum atomic E-state index is 4.25. The molecule has 0 radical (unpaired) electrons. The van der Waals surface area contributed by atoms with Crippen molar-refractivity contribution >= 4 is 11.8 Å². The number of rotatable bonds is 4. The minimum absolute atomic E-state index is 0.656. The zero-order valence-corrected chi connectivity index (χ0v) is 11.8. The van der Waals surface area contributed by atoms with Crippen LogP contribution < -0.4 is 5.32 Å². The molecule has 3 nitrogen and oxygen atoms in total. The molecular formula is C13H23N3S. The van der Waals surface area contributed by atoms with E-state index in [1.165, 1.54) is 30.6 Å². The topological polar surface area (TPSA) is 29.9 Å². The first-order valence-electron chi connectivity index (χ1n) is 6.55. The van der Waals surface area contributed by atoms with Crippen molar-refractivity contribution in [1.29, 1.82) is 0 Å². The molecular weight excluding hydrogens is 230 g/mol. The van der Waals surface area contributed by atoms with Crippen LogP contribution in [-0.2, 0) is 7.05 Å². The SMILES string of the molecule is CCC1CCC(NC)C(Sc2cnn(C)c2)C1. The van der Waals surface area contributed by atoms with Crippen molar-refractivity contribution < 1.29 is 0 Å². The molecule has 0 aliphatic heterocycles. The Morgan fingerprint density at radius 2 is 2.35 bits per heavy atom. The second-order valence-electron chi connectivity index (χ2n) is 4.99. The molecule has 1 saturated carbocycles. The largest absolute Gasteiger partial charge is 0.316 e. The summed E-state index contributed by atoms with van der Waals surface area (Å²) in [5.74, 6) is 0.911. The first-order valence-corrected chi connectivity index (χ1v) is 7.43. The van der Waals surface area contributed by atoms with E-state index in [0.717, 1.165) is 5.92 Å². The van der Waals surface area contributed by atoms with Crippen LogP contribution in [0.15, 0.2) is 17.3 Å². The van der Waals surface area contributed by atoms with Crippen LogP contribution in [0.2, 0.25) is 0 Å². The second-order valence-corrected chi connectivity index (χ2v) is 6.30. The van der Waals surface area contributed by atoms with Gasteiger partial charge in [-0.2, -0.15) is 5.10 Å². The van der Waals surface area contributed by atoms with Crippen LogP contribution in [0.25, 0.3) is 0 Å². The van der Waals surface area contributed by atoms with Gasteiger partial charge in [0.2, 0.25) is 0 Å². The van der Waals surface area contributed by atoms with E-state index < -0.39 is 0 Å². The Labute approximate surface area is 108 Å². The van der Waals surface area contributed by atoms with Gasteiger partial charge in [-0.25, -0.2) is 0 Å². The van der Waals surface area contributed by atoms with Crippen LogP contribution in [0.3, 0.4) is 0 Å². The molecule has 3 unspecified atom stereocenters. The molecule has 3 atom stereocenters. The minimum atomic E-state index is 0.656. The number of nitrogens with one attached hydrogen (secondary N) is 1. The first-order chi connectivity index (χ1) is 8.22. The van der Waals surface area contributed by atoms with Crippen LogP contribution in [0.1, 0.15) is 32.6 Å². The molecule has 1 fully saturated rings. The van der Waals surface area contributed by atoms with Crippen molar-refractivity contribution in [1.82, 2.24) is 15.1 Å². The molecule has 0 saturated heterocycles. The molecule has 1 aliphatic carbocycles. The van der Waals surface area contributed by atoms with Gasteiger partial charge in [-0.1, -0.05) is 13.3 Å². The highest BCUT2D eigenvalue weighted by Gasteiger charge is 2.29. The standard InChI is InChI=1S/C13H23N3S/c1-4-10-5-6-12(14-2)13(7-10)17-11-8-15-16(3)9-11/h8-10,12-14H,4-7H2,1-3H3. The molecule has 4 heteroatoms. The molecule has 1 aromatic rings. The summed E-state index contributed by atoms with van der Waals surface area (Å²) < 4.78 is 1.89. The van der Waals surface area contributed by atoms with Crippen molar-refractivity contribution in [3.63, 3.8) is 0 Å². The fourth-order valence-electron chi connectivity index (χ4n) is 2.68. The number of hydrogen-bond donors (Lipinski definition) is 1. The lowest BCUT2D eigenvalue weighted by atomic mass is 9.84. The lowest BCUT2D eigenvalue weighted by Crippen LogP contribution is -2.40. The molecule has 1 aromatic heterocycles. The van der Waals surface area contributed by atoms with E-state index in [9.17, 15) is 0 Å². The molecule has 17 heavy (non-hydrogen) atoms. The van der Waals surface area contributed by atoms with Crippen LogP contribution in [-0.4, -0.2) is 28.1 Å². The molecule has 0 amide bonds. The molecule has 0 bridgehead atoms. The number of nitrogens with zero attached hydrogens (tertiary/aromatic N) is 2. The summed E-state index contributed by atoms with van der Waals surface area (Å²) in [7, 11) is 4.07. The molecule has 1 heterocycles. The lowest BCUT2D eigenvalue weighted by molar-refractivity contribution is 0.304. The maximum absolute atomic E-state index is 4.25. The number of aromatic nitrogens is 2. The Hall–Kier alpha value is -0.480. The Morgan fingerprint density at radius 3 is 2.94 bits per heavy atom. The predicted molar refractivity (Wildman–Crippen MR) is 73.3 cm³/mol. The third-order valence-electron chi connectivity index (χ3n) is 3.82. The smallest absolute Gasteiger partial charge is 0.0625 e. The summed E-state index contributed by atoms with van der Waals surface area (Å²) >= 11 is 1.99. The average Bonchev–Trinajstić information content (AvgIpc) is 2.74. The summed E-state index contributed by atoms with van der Waals surface area (Å²) in [5.41, 5.74) is 0. The Morgan fingerprint density at radius 1 is 1.53 bits per heavy atom. The van der Waals surface area contributed by atoms with E-state index in [1.54, 1.807) is 0 Å². The molecule has 2 rings (SSSR count). The summed E-state index contributed by atoms with van der Waals surface area (Å²) in [4.78, 5) is 1.30. The van der Waals surface area contributed by atoms with E-state index in [4.69, 9.17) is 0 Å². The summed E-state index contributed by atoms with van der Waals surface area (Å²) in [6.45, 7) is 2.32. The summed E-state index contributed by atoms with van der Waals surface area (Å²) in [6.07, 6.45) is 9.45. The van der Waals surface area contributed by atoms with Crippen molar-refractivity contribution in [2.45, 2.75) is 48.8 Å². The highest BCUT2D eigenvalue weighted by Crippen LogP contribution is 2.37. The second kappa shape index (κ2) is 5.91. The van der Waals surface area contributed by atoms with Crippen molar-refractivity contribution in [2.75, 3.05) is 7.05 Å². The van der Waals surface area contributed by atoms with Gasteiger partial charge in [0.25, 0.3) is 0 Å². The Bertz CT molecular complexity index is 350. The highest BCUT2D eigenvalue weighted by molar-refractivity contribution is 8.00. The minimum Gasteiger partial charge on any atom is -0.316 e. The fraction of sp³-hybridized carbons (Fsp3) is 0.769. The molecule has 1 aliphatic rings. The van der Waals surface area contributed by atoms with Gasteiger partial charge in [0.05, 0.1) is 6.20 Å². The van der Waals surface area contributed by atoms with Gasteiger partial charge < -0.3 is 5.32 Å². The number of aryl methyl sites for hydroxylation is 1. The van der Waals surface area contributed by atoms with Gasteiger partial charge in [-0.15, -0.1) is 11.8 Å². The van der Waals surface area contributed by atoms with Gasteiger partial charge in [0.15, 0.2) is 0 Å². The van der Waals surface area contributed by atoms with Crippen LogP contribution in [0.5, 0.6) is 0 Å². The zero-order valence-electron chi connectivity index (χ0n) is 11.0. The van der Waals surface area contributed by atoms with Crippen molar-refractivity contribution in [2.24, 2.45) is 13.0 Å². The predicted octanol–water partition coefficient (Wildman–Crippen LogP) is 2.68. The third-order valence-corrected chi connectivity index (χ3v) is 5.12. The van der Waals surface area contributed by atoms with E-state index >= 15 is 0 Å². The molecule has 1 N–H and O–H groups in total. The molecule has 0 spiro atoms. The zero-order chi connectivity index (χ0) is 12.3. The summed E-state index contributed by atoms with van der Waals surface area (Å²) in [6, 6.07) is 0.656. The lowest BCUT2D eigenvalue weighted by Gasteiger charge is -2.35. The average molecular weight is 253 g/mol. The highest BCUT2D eigenvalue weighted by atomic mass is 32.2. The fourth-order valence-corrected chi connectivity index (χ4v) is 4.15. The van der Waals surface area contributed by atoms with E-state index in [1.807, 2.05) is 29.7 Å². The first kappa shape index (κ1) is 13.0. The van der Waals surface area contributed by atoms with Crippen molar-refractivity contribution in [3.05, 3.63) is 12.4 Å².